The molecule has 3 heteroatoms. The Bertz CT molecular complexity index is 269. The molecule has 1 unspecified atom stereocenters. The molecule has 1 aromatic carbocycles. The van der Waals surface area contributed by atoms with E-state index in [0.717, 1.165) is 5.30 Å². The van der Waals surface area contributed by atoms with E-state index in [9.17, 15) is 4.57 Å². The van der Waals surface area contributed by atoms with Crippen molar-refractivity contribution in [1.29, 1.82) is 0 Å². The average Bonchev–Trinajstić information content (AvgIpc) is 2.15. The van der Waals surface area contributed by atoms with Gasteiger partial charge < -0.3 is 4.52 Å². The third kappa shape index (κ3) is 2.65. The highest BCUT2D eigenvalue weighted by molar-refractivity contribution is 7.48. The summed E-state index contributed by atoms with van der Waals surface area (Å²) in [6.07, 6.45) is 1.59. The second-order valence-electron chi connectivity index (χ2n) is 2.25. The molecule has 1 aromatic rings. The Morgan fingerprint density at radius 2 is 2.08 bits per heavy atom. The smallest absolute Gasteiger partial charge is 0.220 e. The summed E-state index contributed by atoms with van der Waals surface area (Å²) in [6.45, 7) is 3.82. The van der Waals surface area contributed by atoms with Gasteiger partial charge in [0.1, 0.15) is 0 Å². The lowest BCUT2D eigenvalue weighted by Crippen LogP contribution is -1.96. The maximum Gasteiger partial charge on any atom is 0.220 e. The van der Waals surface area contributed by atoms with Gasteiger partial charge in [-0.25, -0.2) is 0 Å². The van der Waals surface area contributed by atoms with E-state index >= 15 is 0 Å². The van der Waals surface area contributed by atoms with Crippen LogP contribution in [0.5, 0.6) is 0 Å². The fourth-order valence-corrected chi connectivity index (χ4v) is 1.69. The molecule has 0 spiro atoms. The predicted molar refractivity (Wildman–Crippen MR) is 51.2 cm³/mol. The standard InChI is InChI=1S/C9H11O2P/c1-2-8-11-12(10)9-6-4-3-5-7-9/h2-7,12H,1,8H2. The van der Waals surface area contributed by atoms with E-state index in [1.165, 1.54) is 0 Å². The molecule has 0 radical (unpaired) electrons. The highest BCUT2D eigenvalue weighted by atomic mass is 31.1. The Morgan fingerprint density at radius 1 is 1.42 bits per heavy atom. The minimum atomic E-state index is -2.05. The van der Waals surface area contributed by atoms with Crippen LogP contribution in [0, 0.1) is 0 Å². The van der Waals surface area contributed by atoms with E-state index in [0.29, 0.717) is 6.61 Å². The quantitative estimate of drug-likeness (QED) is 0.525. The van der Waals surface area contributed by atoms with Crippen LogP contribution in [0.25, 0.3) is 0 Å². The lowest BCUT2D eigenvalue weighted by atomic mass is 10.4. The first-order valence-electron chi connectivity index (χ1n) is 3.67. The van der Waals surface area contributed by atoms with Gasteiger partial charge in [-0.15, -0.1) is 6.58 Å². The Morgan fingerprint density at radius 3 is 2.67 bits per heavy atom. The van der Waals surface area contributed by atoms with E-state index in [1.54, 1.807) is 18.2 Å². The SMILES string of the molecule is C=CCO[PH](=O)c1ccccc1. The highest BCUT2D eigenvalue weighted by Crippen LogP contribution is 2.20. The van der Waals surface area contributed by atoms with Gasteiger partial charge in [-0.2, -0.15) is 0 Å². The topological polar surface area (TPSA) is 26.3 Å². The normalized spacial score (nSPS) is 12.3. The number of hydrogen-bond donors (Lipinski definition) is 0. The Hall–Kier alpha value is -0.850. The molecule has 0 aliphatic rings. The van der Waals surface area contributed by atoms with Gasteiger partial charge in [-0.3, -0.25) is 4.57 Å². The van der Waals surface area contributed by atoms with Crippen molar-refractivity contribution >= 4 is 13.3 Å². The first-order chi connectivity index (χ1) is 5.84. The molecular weight excluding hydrogens is 171 g/mol. The maximum atomic E-state index is 11.3. The van der Waals surface area contributed by atoms with E-state index in [2.05, 4.69) is 6.58 Å². The van der Waals surface area contributed by atoms with Gasteiger partial charge in [0.2, 0.25) is 8.03 Å². The van der Waals surface area contributed by atoms with Crippen LogP contribution in [0.2, 0.25) is 0 Å². The Balaban J connectivity index is 2.59. The first-order valence-corrected chi connectivity index (χ1v) is 4.99. The molecule has 0 saturated carbocycles. The fourth-order valence-electron chi connectivity index (χ4n) is 0.792. The zero-order chi connectivity index (χ0) is 8.81. The van der Waals surface area contributed by atoms with Gasteiger partial charge in [0.25, 0.3) is 0 Å². The molecule has 12 heavy (non-hydrogen) atoms. The third-order valence-corrected chi connectivity index (χ3v) is 2.58. The summed E-state index contributed by atoms with van der Waals surface area (Å²) in [4.78, 5) is 0. The molecular formula is C9H11O2P. The van der Waals surface area contributed by atoms with E-state index < -0.39 is 8.03 Å². The van der Waals surface area contributed by atoms with Crippen molar-refractivity contribution in [2.75, 3.05) is 6.61 Å². The van der Waals surface area contributed by atoms with Gasteiger partial charge in [0, 0.05) is 5.30 Å². The lowest BCUT2D eigenvalue weighted by molar-refractivity contribution is 0.378. The van der Waals surface area contributed by atoms with Crippen LogP contribution in [0.3, 0.4) is 0 Å². The average molecular weight is 182 g/mol. The van der Waals surface area contributed by atoms with Gasteiger partial charge in [-0.1, -0.05) is 24.3 Å². The van der Waals surface area contributed by atoms with E-state index in [1.807, 2.05) is 18.2 Å². The Kier molecular flexibility index (Phi) is 3.78. The first kappa shape index (κ1) is 9.24. The molecule has 0 heterocycles. The maximum absolute atomic E-state index is 11.3. The minimum Gasteiger partial charge on any atom is -0.323 e. The van der Waals surface area contributed by atoms with Crippen LogP contribution in [-0.4, -0.2) is 6.61 Å². The predicted octanol–water partition coefficient (Wildman–Crippen LogP) is 1.99. The number of rotatable bonds is 4. The van der Waals surface area contributed by atoms with Gasteiger partial charge >= 0.3 is 0 Å². The molecule has 2 nitrogen and oxygen atoms in total. The molecule has 0 saturated heterocycles. The molecule has 0 fully saturated rings. The number of benzene rings is 1. The van der Waals surface area contributed by atoms with Crippen molar-refractivity contribution in [2.45, 2.75) is 0 Å². The molecule has 1 rings (SSSR count). The summed E-state index contributed by atoms with van der Waals surface area (Å²) in [5.41, 5.74) is 0. The van der Waals surface area contributed by atoms with Crippen molar-refractivity contribution < 1.29 is 9.09 Å². The van der Waals surface area contributed by atoms with Crippen molar-refractivity contribution in [3.8, 4) is 0 Å². The van der Waals surface area contributed by atoms with Gasteiger partial charge in [-0.05, 0) is 12.1 Å². The zero-order valence-corrected chi connectivity index (χ0v) is 7.69. The molecule has 0 aliphatic carbocycles. The molecule has 1 atom stereocenters. The molecule has 0 amide bonds. The summed E-state index contributed by atoms with van der Waals surface area (Å²) in [6, 6.07) is 9.16. The van der Waals surface area contributed by atoms with Gasteiger partial charge in [0.05, 0.1) is 6.61 Å². The summed E-state index contributed by atoms with van der Waals surface area (Å²) in [5, 5.41) is 0.754. The molecule has 0 N–H and O–H groups in total. The van der Waals surface area contributed by atoms with Crippen LogP contribution < -0.4 is 5.30 Å². The van der Waals surface area contributed by atoms with Crippen LogP contribution in [0.1, 0.15) is 0 Å². The van der Waals surface area contributed by atoms with Crippen molar-refractivity contribution in [3.05, 3.63) is 43.0 Å². The summed E-state index contributed by atoms with van der Waals surface area (Å²) >= 11 is 0. The van der Waals surface area contributed by atoms with E-state index in [4.69, 9.17) is 4.52 Å². The molecule has 0 bridgehead atoms. The van der Waals surface area contributed by atoms with E-state index in [-0.39, 0.29) is 0 Å². The lowest BCUT2D eigenvalue weighted by Gasteiger charge is -2.00. The van der Waals surface area contributed by atoms with Crippen molar-refractivity contribution in [3.63, 3.8) is 0 Å². The van der Waals surface area contributed by atoms with Crippen LogP contribution >= 0.6 is 8.03 Å². The van der Waals surface area contributed by atoms with Gasteiger partial charge in [0.15, 0.2) is 0 Å². The van der Waals surface area contributed by atoms with Crippen LogP contribution in [0.15, 0.2) is 43.0 Å². The Labute approximate surface area is 72.7 Å². The van der Waals surface area contributed by atoms with Crippen LogP contribution in [0.4, 0.5) is 0 Å². The monoisotopic (exact) mass is 182 g/mol. The second-order valence-corrected chi connectivity index (χ2v) is 3.69. The van der Waals surface area contributed by atoms with Crippen molar-refractivity contribution in [2.24, 2.45) is 0 Å². The van der Waals surface area contributed by atoms with Crippen molar-refractivity contribution in [1.82, 2.24) is 0 Å². The zero-order valence-electron chi connectivity index (χ0n) is 6.69. The minimum absolute atomic E-state index is 0.340. The molecule has 0 aliphatic heterocycles. The third-order valence-electron chi connectivity index (χ3n) is 1.34. The number of hydrogen-bond acceptors (Lipinski definition) is 2. The second kappa shape index (κ2) is 4.91. The molecule has 64 valence electrons. The highest BCUT2D eigenvalue weighted by Gasteiger charge is 1.99. The summed E-state index contributed by atoms with van der Waals surface area (Å²) < 4.78 is 16.3. The van der Waals surface area contributed by atoms with Crippen LogP contribution in [-0.2, 0) is 9.09 Å². The largest absolute Gasteiger partial charge is 0.323 e. The summed E-state index contributed by atoms with van der Waals surface area (Å²) in [7, 11) is -2.05. The molecule has 0 aromatic heterocycles. The fraction of sp³-hybridized carbons (Fsp3) is 0.111. The summed E-state index contributed by atoms with van der Waals surface area (Å²) in [5.74, 6) is 0.